The molecule has 0 saturated carbocycles. The van der Waals surface area contributed by atoms with E-state index in [9.17, 15) is 4.79 Å². The summed E-state index contributed by atoms with van der Waals surface area (Å²) in [5, 5.41) is 15.6. The number of nitrogens with zero attached hydrogens (tertiary/aromatic N) is 4. The molecule has 0 aliphatic carbocycles. The predicted octanol–water partition coefficient (Wildman–Crippen LogP) is 4.15. The topological polar surface area (TPSA) is 85.8 Å². The van der Waals surface area contributed by atoms with E-state index in [0.717, 1.165) is 59.3 Å². The van der Waals surface area contributed by atoms with Crippen LogP contribution in [0.5, 0.6) is 0 Å². The average molecular weight is 412 g/mol. The van der Waals surface area contributed by atoms with Crippen molar-refractivity contribution in [3.05, 3.63) is 47.1 Å². The molecule has 0 radical (unpaired) electrons. The van der Waals surface area contributed by atoms with Gasteiger partial charge in [0.1, 0.15) is 11.6 Å². The summed E-state index contributed by atoms with van der Waals surface area (Å²) in [4.78, 5) is 12.3. The fraction of sp³-hybridized carbons (Fsp3) is 0.429. The normalized spacial score (nSPS) is 13.7. The Kier molecular flexibility index (Phi) is 5.99. The van der Waals surface area contributed by atoms with Crippen LogP contribution in [-0.2, 0) is 23.5 Å². The summed E-state index contributed by atoms with van der Waals surface area (Å²) in [5.74, 6) is 3.87. The van der Waals surface area contributed by atoms with E-state index >= 15 is 0 Å². The minimum atomic E-state index is -0.0224. The number of carbonyl (C=O) groups excluding carboxylic acids is 1. The van der Waals surface area contributed by atoms with Crippen molar-refractivity contribution in [2.45, 2.75) is 51.8 Å². The summed E-state index contributed by atoms with van der Waals surface area (Å²) in [6.45, 7) is 4.78. The number of anilines is 1. The van der Waals surface area contributed by atoms with Gasteiger partial charge in [-0.2, -0.15) is 0 Å². The molecule has 1 aliphatic rings. The number of benzene rings is 1. The number of hydrogen-bond donors (Lipinski definition) is 1. The van der Waals surface area contributed by atoms with Crippen LogP contribution in [0.1, 0.15) is 42.1 Å². The Hall–Kier alpha value is -2.61. The zero-order valence-electron chi connectivity index (χ0n) is 16.8. The lowest BCUT2D eigenvalue weighted by molar-refractivity contribution is -0.113. The van der Waals surface area contributed by atoms with Crippen LogP contribution >= 0.6 is 11.8 Å². The third kappa shape index (κ3) is 4.53. The maximum atomic E-state index is 12.3. The van der Waals surface area contributed by atoms with Gasteiger partial charge in [0.2, 0.25) is 5.91 Å². The van der Waals surface area contributed by atoms with Gasteiger partial charge in [0.25, 0.3) is 0 Å². The highest BCUT2D eigenvalue weighted by Crippen LogP contribution is 2.24. The maximum Gasteiger partial charge on any atom is 0.234 e. The van der Waals surface area contributed by atoms with Gasteiger partial charge in [0.15, 0.2) is 5.82 Å². The maximum absolute atomic E-state index is 12.3. The van der Waals surface area contributed by atoms with E-state index in [2.05, 4.69) is 25.2 Å². The Balaban J connectivity index is 1.34. The molecular formula is C21H25N5O2S. The lowest BCUT2D eigenvalue weighted by atomic mass is 10.2. The number of carbonyl (C=O) groups is 1. The second-order valence-corrected chi connectivity index (χ2v) is 8.31. The number of thioether (sulfide) groups is 1. The summed E-state index contributed by atoms with van der Waals surface area (Å²) >= 11 is 1.55. The molecule has 7 nitrogen and oxygen atoms in total. The van der Waals surface area contributed by atoms with Crippen LogP contribution in [0.4, 0.5) is 5.69 Å². The Morgan fingerprint density at radius 3 is 2.76 bits per heavy atom. The molecule has 8 heteroatoms. The average Bonchev–Trinajstić information content (AvgIpc) is 3.16. The first-order chi connectivity index (χ1) is 14.1. The van der Waals surface area contributed by atoms with Gasteiger partial charge in [-0.15, -0.1) is 22.0 Å². The van der Waals surface area contributed by atoms with Crippen LogP contribution in [0.25, 0.3) is 11.4 Å². The van der Waals surface area contributed by atoms with Crippen LogP contribution in [0.15, 0.2) is 28.8 Å². The molecule has 152 valence electrons. The number of aromatic nitrogens is 4. The molecule has 29 heavy (non-hydrogen) atoms. The van der Waals surface area contributed by atoms with Gasteiger partial charge in [0.05, 0.1) is 11.4 Å². The lowest BCUT2D eigenvalue weighted by Gasteiger charge is -2.09. The van der Waals surface area contributed by atoms with Crippen molar-refractivity contribution >= 4 is 23.4 Å². The number of amides is 1. The van der Waals surface area contributed by atoms with Crippen molar-refractivity contribution in [1.82, 2.24) is 19.9 Å². The number of fused-ring (bicyclic) bond motifs is 1. The minimum absolute atomic E-state index is 0.0224. The summed E-state index contributed by atoms with van der Waals surface area (Å²) in [7, 11) is 0. The van der Waals surface area contributed by atoms with Gasteiger partial charge in [-0.25, -0.2) is 0 Å². The molecule has 1 amide bonds. The van der Waals surface area contributed by atoms with E-state index < -0.39 is 0 Å². The predicted molar refractivity (Wildman–Crippen MR) is 114 cm³/mol. The first-order valence-electron chi connectivity index (χ1n) is 9.93. The first kappa shape index (κ1) is 19.7. The molecule has 0 fully saturated rings. The Morgan fingerprint density at radius 1 is 1.17 bits per heavy atom. The molecule has 0 atom stereocenters. The van der Waals surface area contributed by atoms with Crippen LogP contribution in [0, 0.1) is 13.8 Å². The third-order valence-corrected chi connectivity index (χ3v) is 6.16. The summed E-state index contributed by atoms with van der Waals surface area (Å²) in [6.07, 6.45) is 4.57. The Bertz CT molecular complexity index is 974. The van der Waals surface area contributed by atoms with Gasteiger partial charge in [-0.3, -0.25) is 4.79 Å². The van der Waals surface area contributed by atoms with Crippen LogP contribution in [0.3, 0.4) is 0 Å². The standard InChI is InChI=1S/C21H25N5O2S/c1-14-18(15(2)28-25-14)12-29-13-20(27)22-17-9-7-16(8-10-17)21-24-23-19-6-4-3-5-11-26(19)21/h7-10H,3-6,11-13H2,1-2H3,(H,22,27). The SMILES string of the molecule is Cc1noc(C)c1CSCC(=O)Nc1ccc(-c2nnc3n2CCCCC3)cc1. The molecule has 0 unspecified atom stereocenters. The molecule has 1 N–H and O–H groups in total. The summed E-state index contributed by atoms with van der Waals surface area (Å²) < 4.78 is 7.38. The van der Waals surface area contributed by atoms with E-state index in [1.807, 2.05) is 38.1 Å². The summed E-state index contributed by atoms with van der Waals surface area (Å²) in [6, 6.07) is 7.83. The van der Waals surface area contributed by atoms with Gasteiger partial charge in [0, 0.05) is 35.5 Å². The van der Waals surface area contributed by atoms with Crippen molar-refractivity contribution in [2.24, 2.45) is 0 Å². The molecule has 0 spiro atoms. The first-order valence-corrected chi connectivity index (χ1v) is 11.1. The van der Waals surface area contributed by atoms with Crippen molar-refractivity contribution in [1.29, 1.82) is 0 Å². The largest absolute Gasteiger partial charge is 0.361 e. The fourth-order valence-corrected chi connectivity index (χ4v) is 4.53. The van der Waals surface area contributed by atoms with E-state index in [-0.39, 0.29) is 5.91 Å². The van der Waals surface area contributed by atoms with Crippen LogP contribution < -0.4 is 5.32 Å². The molecular weight excluding hydrogens is 386 g/mol. The highest BCUT2D eigenvalue weighted by atomic mass is 32.2. The number of hydrogen-bond acceptors (Lipinski definition) is 6. The van der Waals surface area contributed by atoms with Gasteiger partial charge >= 0.3 is 0 Å². The van der Waals surface area contributed by atoms with Gasteiger partial charge < -0.3 is 14.4 Å². The Labute approximate surface area is 174 Å². The molecule has 1 aliphatic heterocycles. The van der Waals surface area contributed by atoms with Crippen molar-refractivity contribution in [3.8, 4) is 11.4 Å². The van der Waals surface area contributed by atoms with Gasteiger partial charge in [-0.1, -0.05) is 11.6 Å². The van der Waals surface area contributed by atoms with E-state index in [0.29, 0.717) is 11.5 Å². The zero-order chi connectivity index (χ0) is 20.2. The second kappa shape index (κ2) is 8.82. The quantitative estimate of drug-likeness (QED) is 0.656. The molecule has 0 bridgehead atoms. The molecule has 2 aromatic heterocycles. The lowest BCUT2D eigenvalue weighted by Crippen LogP contribution is -2.14. The van der Waals surface area contributed by atoms with Gasteiger partial charge in [-0.05, 0) is 51.0 Å². The van der Waals surface area contributed by atoms with Crippen LogP contribution in [-0.4, -0.2) is 31.6 Å². The van der Waals surface area contributed by atoms with E-state index in [1.165, 1.54) is 12.8 Å². The van der Waals surface area contributed by atoms with Crippen molar-refractivity contribution < 1.29 is 9.32 Å². The molecule has 3 heterocycles. The monoisotopic (exact) mass is 411 g/mol. The fourth-order valence-electron chi connectivity index (χ4n) is 3.55. The second-order valence-electron chi connectivity index (χ2n) is 7.32. The highest BCUT2D eigenvalue weighted by molar-refractivity contribution is 7.99. The minimum Gasteiger partial charge on any atom is -0.361 e. The molecule has 0 saturated heterocycles. The van der Waals surface area contributed by atoms with E-state index in [4.69, 9.17) is 4.52 Å². The van der Waals surface area contributed by atoms with E-state index in [1.54, 1.807) is 11.8 Å². The number of rotatable bonds is 6. The van der Waals surface area contributed by atoms with Crippen molar-refractivity contribution in [2.75, 3.05) is 11.1 Å². The smallest absolute Gasteiger partial charge is 0.234 e. The molecule has 1 aromatic carbocycles. The van der Waals surface area contributed by atoms with Crippen molar-refractivity contribution in [3.63, 3.8) is 0 Å². The Morgan fingerprint density at radius 2 is 2.00 bits per heavy atom. The molecule has 4 rings (SSSR count). The molecule has 3 aromatic rings. The number of nitrogens with one attached hydrogen (secondary N) is 1. The number of aryl methyl sites for hydroxylation is 3. The zero-order valence-corrected chi connectivity index (χ0v) is 17.6. The third-order valence-electron chi connectivity index (χ3n) is 5.20. The highest BCUT2D eigenvalue weighted by Gasteiger charge is 2.16. The summed E-state index contributed by atoms with van der Waals surface area (Å²) in [5.41, 5.74) is 3.76. The van der Waals surface area contributed by atoms with Crippen LogP contribution in [0.2, 0.25) is 0 Å².